The molecule has 146 valence electrons. The van der Waals surface area contributed by atoms with Crippen molar-refractivity contribution in [2.45, 2.75) is 52.1 Å². The third kappa shape index (κ3) is 3.64. The predicted molar refractivity (Wildman–Crippen MR) is 119 cm³/mol. The van der Waals surface area contributed by atoms with Gasteiger partial charge in [0.05, 0.1) is 12.2 Å². The van der Waals surface area contributed by atoms with Gasteiger partial charge in [-0.1, -0.05) is 51.1 Å². The number of nitrogens with zero attached hydrogens (tertiary/aromatic N) is 3. The SMILES string of the molecule is CC(C)(C)c1ccc(N2CN(Cc3ccnc4ccccc34)C(C)(C)C2)cc1. The summed E-state index contributed by atoms with van der Waals surface area (Å²) >= 11 is 0. The van der Waals surface area contributed by atoms with Crippen LogP contribution in [-0.2, 0) is 12.0 Å². The molecule has 0 saturated carbocycles. The summed E-state index contributed by atoms with van der Waals surface area (Å²) in [4.78, 5) is 9.59. The minimum atomic E-state index is 0.118. The first-order valence-corrected chi connectivity index (χ1v) is 10.2. The van der Waals surface area contributed by atoms with Gasteiger partial charge >= 0.3 is 0 Å². The molecule has 0 atom stereocenters. The monoisotopic (exact) mass is 373 g/mol. The molecule has 1 aliphatic heterocycles. The maximum absolute atomic E-state index is 4.51. The minimum Gasteiger partial charge on any atom is -0.357 e. The lowest BCUT2D eigenvalue weighted by Gasteiger charge is -2.29. The van der Waals surface area contributed by atoms with E-state index in [1.807, 2.05) is 6.20 Å². The molecule has 0 bridgehead atoms. The van der Waals surface area contributed by atoms with Crippen LogP contribution in [0.15, 0.2) is 60.8 Å². The van der Waals surface area contributed by atoms with Gasteiger partial charge in [-0.3, -0.25) is 9.88 Å². The third-order valence-corrected chi connectivity index (χ3v) is 5.97. The van der Waals surface area contributed by atoms with Crippen LogP contribution in [0.3, 0.4) is 0 Å². The van der Waals surface area contributed by atoms with Crippen LogP contribution >= 0.6 is 0 Å². The summed E-state index contributed by atoms with van der Waals surface area (Å²) < 4.78 is 0. The summed E-state index contributed by atoms with van der Waals surface area (Å²) in [6, 6.07) is 19.7. The Morgan fingerprint density at radius 1 is 0.964 bits per heavy atom. The van der Waals surface area contributed by atoms with Crippen LogP contribution in [0.25, 0.3) is 10.9 Å². The van der Waals surface area contributed by atoms with Crippen molar-refractivity contribution in [2.24, 2.45) is 0 Å². The molecule has 1 aromatic heterocycles. The molecule has 3 aromatic rings. The zero-order chi connectivity index (χ0) is 19.9. The number of anilines is 1. The molecule has 2 heterocycles. The summed E-state index contributed by atoms with van der Waals surface area (Å²) in [5, 5.41) is 1.26. The van der Waals surface area contributed by atoms with Gasteiger partial charge in [-0.25, -0.2) is 0 Å². The Morgan fingerprint density at radius 2 is 1.68 bits per heavy atom. The Bertz CT molecular complexity index is 962. The van der Waals surface area contributed by atoms with E-state index in [4.69, 9.17) is 0 Å². The average molecular weight is 374 g/mol. The van der Waals surface area contributed by atoms with Crippen molar-refractivity contribution in [1.29, 1.82) is 0 Å². The van der Waals surface area contributed by atoms with Crippen molar-refractivity contribution in [1.82, 2.24) is 9.88 Å². The number of aromatic nitrogens is 1. The molecule has 1 aliphatic rings. The molecule has 0 amide bonds. The third-order valence-electron chi connectivity index (χ3n) is 5.97. The summed E-state index contributed by atoms with van der Waals surface area (Å²) in [7, 11) is 0. The summed E-state index contributed by atoms with van der Waals surface area (Å²) in [6.45, 7) is 14.4. The fraction of sp³-hybridized carbons (Fsp3) is 0.400. The van der Waals surface area contributed by atoms with E-state index in [0.717, 1.165) is 25.3 Å². The zero-order valence-corrected chi connectivity index (χ0v) is 17.7. The molecule has 0 radical (unpaired) electrons. The highest BCUT2D eigenvalue weighted by Gasteiger charge is 2.37. The lowest BCUT2D eigenvalue weighted by molar-refractivity contribution is 0.176. The van der Waals surface area contributed by atoms with Gasteiger partial charge in [-0.2, -0.15) is 0 Å². The Kier molecular flexibility index (Phi) is 4.67. The number of rotatable bonds is 3. The molecule has 2 aromatic carbocycles. The summed E-state index contributed by atoms with van der Waals surface area (Å²) in [6.07, 6.45) is 1.93. The van der Waals surface area contributed by atoms with E-state index in [1.54, 1.807) is 0 Å². The second-order valence-electron chi connectivity index (χ2n) is 9.63. The summed E-state index contributed by atoms with van der Waals surface area (Å²) in [5.41, 5.74) is 5.43. The van der Waals surface area contributed by atoms with Crippen LogP contribution in [0.1, 0.15) is 45.7 Å². The molecular weight excluding hydrogens is 342 g/mol. The van der Waals surface area contributed by atoms with Crippen molar-refractivity contribution in [3.8, 4) is 0 Å². The highest BCUT2D eigenvalue weighted by Crippen LogP contribution is 2.32. The van der Waals surface area contributed by atoms with Crippen LogP contribution in [0, 0.1) is 0 Å². The highest BCUT2D eigenvalue weighted by atomic mass is 15.4. The molecule has 0 unspecified atom stereocenters. The van der Waals surface area contributed by atoms with Crippen LogP contribution in [0.4, 0.5) is 5.69 Å². The molecule has 0 aliphatic carbocycles. The fourth-order valence-electron chi connectivity index (χ4n) is 4.12. The van der Waals surface area contributed by atoms with Crippen LogP contribution < -0.4 is 4.90 Å². The van der Waals surface area contributed by atoms with Crippen molar-refractivity contribution >= 4 is 16.6 Å². The van der Waals surface area contributed by atoms with Crippen molar-refractivity contribution in [3.05, 3.63) is 71.9 Å². The number of benzene rings is 2. The molecule has 3 nitrogen and oxygen atoms in total. The van der Waals surface area contributed by atoms with Gasteiger partial charge in [0, 0.05) is 35.9 Å². The minimum absolute atomic E-state index is 0.118. The first-order valence-electron chi connectivity index (χ1n) is 10.2. The molecule has 4 rings (SSSR count). The number of pyridine rings is 1. The smallest absolute Gasteiger partial charge is 0.0715 e. The van der Waals surface area contributed by atoms with E-state index in [0.29, 0.717) is 0 Å². The molecule has 3 heteroatoms. The first-order chi connectivity index (χ1) is 13.2. The predicted octanol–water partition coefficient (Wildman–Crippen LogP) is 5.59. The summed E-state index contributed by atoms with van der Waals surface area (Å²) in [5.74, 6) is 0. The lowest BCUT2D eigenvalue weighted by Crippen LogP contribution is -2.39. The van der Waals surface area contributed by atoms with E-state index in [2.05, 4.69) is 104 Å². The number of fused-ring (bicyclic) bond motifs is 1. The van der Waals surface area contributed by atoms with Gasteiger partial charge in [0.15, 0.2) is 0 Å². The van der Waals surface area contributed by atoms with E-state index >= 15 is 0 Å². The topological polar surface area (TPSA) is 19.4 Å². The van der Waals surface area contributed by atoms with Gasteiger partial charge in [-0.15, -0.1) is 0 Å². The number of hydrogen-bond acceptors (Lipinski definition) is 3. The van der Waals surface area contributed by atoms with E-state index in [9.17, 15) is 0 Å². The van der Waals surface area contributed by atoms with Crippen molar-refractivity contribution in [3.63, 3.8) is 0 Å². The van der Waals surface area contributed by atoms with Crippen LogP contribution in [0.2, 0.25) is 0 Å². The largest absolute Gasteiger partial charge is 0.357 e. The van der Waals surface area contributed by atoms with Crippen LogP contribution in [-0.4, -0.2) is 28.6 Å². The number of para-hydroxylation sites is 1. The molecule has 0 spiro atoms. The number of hydrogen-bond donors (Lipinski definition) is 0. The molecule has 1 fully saturated rings. The Morgan fingerprint density at radius 3 is 2.39 bits per heavy atom. The second-order valence-corrected chi connectivity index (χ2v) is 9.63. The molecule has 0 N–H and O–H groups in total. The van der Waals surface area contributed by atoms with Gasteiger partial charge in [-0.05, 0) is 54.7 Å². The fourth-order valence-corrected chi connectivity index (χ4v) is 4.12. The Balaban J connectivity index is 1.56. The lowest BCUT2D eigenvalue weighted by atomic mass is 9.87. The van der Waals surface area contributed by atoms with Gasteiger partial charge in [0.2, 0.25) is 0 Å². The molecule has 1 saturated heterocycles. The van der Waals surface area contributed by atoms with Gasteiger partial charge in [0.1, 0.15) is 0 Å². The highest BCUT2D eigenvalue weighted by molar-refractivity contribution is 5.81. The van der Waals surface area contributed by atoms with Gasteiger partial charge < -0.3 is 4.90 Å². The maximum Gasteiger partial charge on any atom is 0.0715 e. The average Bonchev–Trinajstić information content (AvgIpc) is 2.96. The maximum atomic E-state index is 4.51. The van der Waals surface area contributed by atoms with Crippen LogP contribution in [0.5, 0.6) is 0 Å². The van der Waals surface area contributed by atoms with Gasteiger partial charge in [0.25, 0.3) is 0 Å². The molecular formula is C25H31N3. The zero-order valence-electron chi connectivity index (χ0n) is 17.7. The van der Waals surface area contributed by atoms with E-state index in [1.165, 1.54) is 22.2 Å². The Hall–Kier alpha value is -2.39. The molecule has 28 heavy (non-hydrogen) atoms. The quantitative estimate of drug-likeness (QED) is 0.596. The Labute approximate surface area is 169 Å². The normalized spacial score (nSPS) is 17.4. The van der Waals surface area contributed by atoms with Crippen molar-refractivity contribution < 1.29 is 0 Å². The van der Waals surface area contributed by atoms with E-state index in [-0.39, 0.29) is 11.0 Å². The second kappa shape index (κ2) is 6.89. The van der Waals surface area contributed by atoms with E-state index < -0.39 is 0 Å². The standard InChI is InChI=1S/C25H31N3/c1-24(2,3)20-10-12-21(13-11-20)27-17-25(4,5)28(18-27)16-19-14-15-26-23-9-7-6-8-22(19)23/h6-15H,16-18H2,1-5H3. The van der Waals surface area contributed by atoms with Crippen molar-refractivity contribution in [2.75, 3.05) is 18.1 Å². The first kappa shape index (κ1) is 18.9.